The standard InChI is InChI=1S/C12H14N2O3/c1-2-16-14-12(15)11-8-10(13-17-11)9-6-4-3-5-7-9/h3-7,11H,2,8H2,1H3,(H,14,15). The van der Waals surface area contributed by atoms with E-state index in [9.17, 15) is 4.79 Å². The van der Waals surface area contributed by atoms with Crippen LogP contribution in [0.2, 0.25) is 0 Å². The van der Waals surface area contributed by atoms with Crippen molar-refractivity contribution in [2.75, 3.05) is 6.61 Å². The molecule has 2 rings (SSSR count). The van der Waals surface area contributed by atoms with Crippen LogP contribution in [0.15, 0.2) is 35.5 Å². The highest BCUT2D eigenvalue weighted by Crippen LogP contribution is 2.16. The van der Waals surface area contributed by atoms with Crippen LogP contribution in [0.25, 0.3) is 0 Å². The van der Waals surface area contributed by atoms with Gasteiger partial charge in [-0.25, -0.2) is 5.48 Å². The van der Waals surface area contributed by atoms with Gasteiger partial charge < -0.3 is 4.84 Å². The van der Waals surface area contributed by atoms with Crippen LogP contribution < -0.4 is 5.48 Å². The van der Waals surface area contributed by atoms with Crippen LogP contribution in [0, 0.1) is 0 Å². The fourth-order valence-electron chi connectivity index (χ4n) is 1.53. The van der Waals surface area contributed by atoms with Gasteiger partial charge in [0.2, 0.25) is 6.10 Å². The number of carbonyl (C=O) groups is 1. The van der Waals surface area contributed by atoms with Crippen molar-refractivity contribution < 1.29 is 14.5 Å². The van der Waals surface area contributed by atoms with Crippen LogP contribution in [0.5, 0.6) is 0 Å². The van der Waals surface area contributed by atoms with Gasteiger partial charge in [0.25, 0.3) is 5.91 Å². The molecule has 1 aromatic rings. The first-order valence-corrected chi connectivity index (χ1v) is 5.51. The van der Waals surface area contributed by atoms with E-state index in [0.717, 1.165) is 11.3 Å². The van der Waals surface area contributed by atoms with Gasteiger partial charge in [-0.2, -0.15) is 0 Å². The van der Waals surface area contributed by atoms with Crippen LogP contribution in [0.1, 0.15) is 18.9 Å². The van der Waals surface area contributed by atoms with Crippen LogP contribution in [0.3, 0.4) is 0 Å². The summed E-state index contributed by atoms with van der Waals surface area (Å²) in [6, 6.07) is 9.64. The number of amides is 1. The molecule has 0 fully saturated rings. The monoisotopic (exact) mass is 234 g/mol. The molecule has 5 nitrogen and oxygen atoms in total. The molecule has 0 saturated heterocycles. The third-order valence-corrected chi connectivity index (χ3v) is 2.39. The fourth-order valence-corrected chi connectivity index (χ4v) is 1.53. The molecule has 1 aliphatic heterocycles. The quantitative estimate of drug-likeness (QED) is 0.797. The lowest BCUT2D eigenvalue weighted by molar-refractivity contribution is -0.143. The number of rotatable bonds is 4. The molecule has 0 aliphatic carbocycles. The van der Waals surface area contributed by atoms with Gasteiger partial charge in [0.15, 0.2) is 0 Å². The summed E-state index contributed by atoms with van der Waals surface area (Å²) in [4.78, 5) is 21.4. The van der Waals surface area contributed by atoms with E-state index in [1.165, 1.54) is 0 Å². The van der Waals surface area contributed by atoms with E-state index < -0.39 is 6.10 Å². The first kappa shape index (κ1) is 11.6. The Bertz CT molecular complexity index is 417. The fraction of sp³-hybridized carbons (Fsp3) is 0.333. The molecule has 0 radical (unpaired) electrons. The predicted octanol–water partition coefficient (Wildman–Crippen LogP) is 1.25. The zero-order valence-electron chi connectivity index (χ0n) is 9.55. The number of hydroxylamine groups is 1. The van der Waals surface area contributed by atoms with Gasteiger partial charge in [0.1, 0.15) is 0 Å². The normalized spacial score (nSPS) is 18.4. The average Bonchev–Trinajstić information content (AvgIpc) is 2.86. The van der Waals surface area contributed by atoms with Crippen molar-refractivity contribution in [3.8, 4) is 0 Å². The number of nitrogens with one attached hydrogen (secondary N) is 1. The summed E-state index contributed by atoms with van der Waals surface area (Å²) >= 11 is 0. The van der Waals surface area contributed by atoms with Crippen molar-refractivity contribution in [2.45, 2.75) is 19.4 Å². The summed E-state index contributed by atoms with van der Waals surface area (Å²) < 4.78 is 0. The van der Waals surface area contributed by atoms with Crippen molar-refractivity contribution in [1.82, 2.24) is 5.48 Å². The second-order valence-electron chi connectivity index (χ2n) is 3.60. The minimum absolute atomic E-state index is 0.304. The van der Waals surface area contributed by atoms with Crippen molar-refractivity contribution in [3.63, 3.8) is 0 Å². The van der Waals surface area contributed by atoms with Gasteiger partial charge in [0.05, 0.1) is 12.3 Å². The SMILES string of the molecule is CCONC(=O)C1CC(c2ccccc2)=NO1. The average molecular weight is 234 g/mol. The minimum Gasteiger partial charge on any atom is -0.382 e. The zero-order chi connectivity index (χ0) is 12.1. The third-order valence-electron chi connectivity index (χ3n) is 2.39. The van der Waals surface area contributed by atoms with Crippen LogP contribution >= 0.6 is 0 Å². The summed E-state index contributed by atoms with van der Waals surface area (Å²) in [6.45, 7) is 2.21. The summed E-state index contributed by atoms with van der Waals surface area (Å²) in [6.07, 6.45) is -0.139. The number of benzene rings is 1. The second kappa shape index (κ2) is 5.45. The van der Waals surface area contributed by atoms with Crippen LogP contribution in [0.4, 0.5) is 0 Å². The van der Waals surface area contributed by atoms with Gasteiger partial charge in [-0.1, -0.05) is 35.5 Å². The molecule has 1 N–H and O–H groups in total. The van der Waals surface area contributed by atoms with Crippen LogP contribution in [-0.4, -0.2) is 24.3 Å². The molecular weight excluding hydrogens is 220 g/mol. The number of hydrogen-bond acceptors (Lipinski definition) is 4. The van der Waals surface area contributed by atoms with Crippen LogP contribution in [-0.2, 0) is 14.5 Å². The van der Waals surface area contributed by atoms with Gasteiger partial charge in [0, 0.05) is 6.42 Å². The molecular formula is C12H14N2O3. The molecule has 1 heterocycles. The molecule has 5 heteroatoms. The summed E-state index contributed by atoms with van der Waals surface area (Å²) in [5, 5.41) is 3.92. The lowest BCUT2D eigenvalue weighted by Crippen LogP contribution is -2.34. The predicted molar refractivity (Wildman–Crippen MR) is 62.2 cm³/mol. The van der Waals surface area contributed by atoms with Gasteiger partial charge in [-0.3, -0.25) is 9.63 Å². The zero-order valence-corrected chi connectivity index (χ0v) is 9.55. The molecule has 1 aliphatic rings. The van der Waals surface area contributed by atoms with E-state index in [1.807, 2.05) is 30.3 Å². The molecule has 0 aromatic heterocycles. The highest BCUT2D eigenvalue weighted by Gasteiger charge is 2.28. The maximum absolute atomic E-state index is 11.5. The third kappa shape index (κ3) is 2.82. The lowest BCUT2D eigenvalue weighted by atomic mass is 10.1. The topological polar surface area (TPSA) is 59.9 Å². The van der Waals surface area contributed by atoms with Gasteiger partial charge in [-0.05, 0) is 12.5 Å². The Labute approximate surface area is 99.4 Å². The molecule has 90 valence electrons. The Balaban J connectivity index is 1.93. The lowest BCUT2D eigenvalue weighted by Gasteiger charge is -2.07. The first-order chi connectivity index (χ1) is 8.31. The maximum atomic E-state index is 11.5. The van der Waals surface area contributed by atoms with Gasteiger partial charge in [-0.15, -0.1) is 0 Å². The molecule has 0 saturated carbocycles. The first-order valence-electron chi connectivity index (χ1n) is 5.51. The summed E-state index contributed by atoms with van der Waals surface area (Å²) in [5.74, 6) is -0.304. The number of hydrogen-bond donors (Lipinski definition) is 1. The van der Waals surface area contributed by atoms with E-state index >= 15 is 0 Å². The molecule has 0 bridgehead atoms. The second-order valence-corrected chi connectivity index (χ2v) is 3.60. The Morgan fingerprint density at radius 2 is 2.29 bits per heavy atom. The number of nitrogens with zero attached hydrogens (tertiary/aromatic N) is 1. The molecule has 0 spiro atoms. The maximum Gasteiger partial charge on any atom is 0.287 e. The molecule has 1 atom stereocenters. The van der Waals surface area contributed by atoms with E-state index in [4.69, 9.17) is 9.68 Å². The molecule has 1 amide bonds. The van der Waals surface area contributed by atoms with E-state index in [1.54, 1.807) is 6.92 Å². The number of oxime groups is 1. The smallest absolute Gasteiger partial charge is 0.287 e. The Morgan fingerprint density at radius 1 is 1.53 bits per heavy atom. The van der Waals surface area contributed by atoms with Gasteiger partial charge >= 0.3 is 0 Å². The largest absolute Gasteiger partial charge is 0.382 e. The van der Waals surface area contributed by atoms with Crippen molar-refractivity contribution in [3.05, 3.63) is 35.9 Å². The van der Waals surface area contributed by atoms with E-state index in [0.29, 0.717) is 13.0 Å². The Kier molecular flexibility index (Phi) is 3.72. The minimum atomic E-state index is -0.600. The van der Waals surface area contributed by atoms with E-state index in [2.05, 4.69) is 10.6 Å². The highest BCUT2D eigenvalue weighted by atomic mass is 16.7. The summed E-state index contributed by atoms with van der Waals surface area (Å²) in [5.41, 5.74) is 4.06. The summed E-state index contributed by atoms with van der Waals surface area (Å²) in [7, 11) is 0. The Morgan fingerprint density at radius 3 is 3.00 bits per heavy atom. The molecule has 1 unspecified atom stereocenters. The van der Waals surface area contributed by atoms with Crippen molar-refractivity contribution in [2.24, 2.45) is 5.16 Å². The van der Waals surface area contributed by atoms with E-state index in [-0.39, 0.29) is 5.91 Å². The molecule has 1 aromatic carbocycles. The number of carbonyl (C=O) groups excluding carboxylic acids is 1. The Hall–Kier alpha value is -1.88. The highest BCUT2D eigenvalue weighted by molar-refractivity contribution is 6.03. The van der Waals surface area contributed by atoms with Crippen molar-refractivity contribution in [1.29, 1.82) is 0 Å². The van der Waals surface area contributed by atoms with Crippen molar-refractivity contribution >= 4 is 11.6 Å². The molecule has 17 heavy (non-hydrogen) atoms.